The second kappa shape index (κ2) is 5.73. The normalized spacial score (nSPS) is 19.5. The van der Waals surface area contributed by atoms with Gasteiger partial charge in [-0.05, 0) is 25.7 Å². The third kappa shape index (κ3) is 4.32. The van der Waals surface area contributed by atoms with Crippen LogP contribution in [0.15, 0.2) is 0 Å². The molecule has 15 heavy (non-hydrogen) atoms. The Bertz CT molecular complexity index is 235. The van der Waals surface area contributed by atoms with Crippen molar-refractivity contribution in [1.82, 2.24) is 5.32 Å². The van der Waals surface area contributed by atoms with E-state index >= 15 is 0 Å². The van der Waals surface area contributed by atoms with Crippen LogP contribution in [0.4, 0.5) is 0 Å². The van der Waals surface area contributed by atoms with Gasteiger partial charge in [-0.2, -0.15) is 0 Å². The van der Waals surface area contributed by atoms with Crippen molar-refractivity contribution in [3.05, 3.63) is 0 Å². The molecule has 1 saturated carbocycles. The molecule has 3 N–H and O–H groups in total. The van der Waals surface area contributed by atoms with Gasteiger partial charge in [-0.15, -0.1) is 0 Å². The highest BCUT2D eigenvalue weighted by Crippen LogP contribution is 2.25. The van der Waals surface area contributed by atoms with Gasteiger partial charge in [0.15, 0.2) is 0 Å². The van der Waals surface area contributed by atoms with Gasteiger partial charge in [-0.25, -0.2) is 0 Å². The fourth-order valence-electron chi connectivity index (χ4n) is 2.02. The lowest BCUT2D eigenvalue weighted by Gasteiger charge is -2.21. The van der Waals surface area contributed by atoms with Crippen LogP contribution in [0, 0.1) is 5.92 Å². The van der Waals surface area contributed by atoms with E-state index in [9.17, 15) is 9.59 Å². The Morgan fingerprint density at radius 3 is 2.47 bits per heavy atom. The lowest BCUT2D eigenvalue weighted by molar-refractivity contribution is -0.127. The van der Waals surface area contributed by atoms with E-state index in [0.29, 0.717) is 12.3 Å². The first-order valence-electron chi connectivity index (χ1n) is 5.68. The van der Waals surface area contributed by atoms with Crippen LogP contribution in [-0.4, -0.2) is 17.9 Å². The van der Waals surface area contributed by atoms with E-state index in [0.717, 1.165) is 12.8 Å². The molecule has 0 radical (unpaired) electrons. The first-order chi connectivity index (χ1) is 7.09. The number of amides is 2. The fourth-order valence-corrected chi connectivity index (χ4v) is 2.02. The van der Waals surface area contributed by atoms with Gasteiger partial charge in [-0.3, -0.25) is 9.59 Å². The maximum atomic E-state index is 11.5. The van der Waals surface area contributed by atoms with Crippen LogP contribution in [0.2, 0.25) is 0 Å². The minimum absolute atomic E-state index is 0.0480. The Labute approximate surface area is 90.6 Å². The topological polar surface area (TPSA) is 72.2 Å². The molecular formula is C11H20N2O2. The third-order valence-electron chi connectivity index (χ3n) is 3.00. The van der Waals surface area contributed by atoms with E-state index in [1.54, 1.807) is 6.92 Å². The van der Waals surface area contributed by atoms with Crippen molar-refractivity contribution in [2.24, 2.45) is 11.7 Å². The molecule has 0 unspecified atom stereocenters. The van der Waals surface area contributed by atoms with E-state index in [4.69, 9.17) is 5.73 Å². The highest BCUT2D eigenvalue weighted by Gasteiger charge is 2.19. The zero-order valence-corrected chi connectivity index (χ0v) is 9.29. The lowest BCUT2D eigenvalue weighted by atomic mass is 9.87. The number of hydrogen-bond donors (Lipinski definition) is 2. The molecule has 4 heteroatoms. The molecule has 0 bridgehead atoms. The number of nitrogens with one attached hydrogen (secondary N) is 1. The average Bonchev–Trinajstić information content (AvgIpc) is 2.18. The Morgan fingerprint density at radius 1 is 1.33 bits per heavy atom. The predicted molar refractivity (Wildman–Crippen MR) is 58.0 cm³/mol. The molecule has 1 aliphatic carbocycles. The minimum Gasteiger partial charge on any atom is -0.368 e. The van der Waals surface area contributed by atoms with Crippen LogP contribution in [0.1, 0.15) is 45.4 Å². The zero-order chi connectivity index (χ0) is 11.3. The van der Waals surface area contributed by atoms with Gasteiger partial charge in [-0.1, -0.05) is 19.3 Å². The number of primary amides is 1. The molecule has 0 spiro atoms. The van der Waals surface area contributed by atoms with Crippen molar-refractivity contribution in [2.45, 2.75) is 51.5 Å². The number of carbonyl (C=O) groups is 2. The first-order valence-corrected chi connectivity index (χ1v) is 5.68. The molecule has 2 amide bonds. The number of hydrogen-bond acceptors (Lipinski definition) is 2. The summed E-state index contributed by atoms with van der Waals surface area (Å²) in [6, 6.07) is -0.555. The van der Waals surface area contributed by atoms with Gasteiger partial charge >= 0.3 is 0 Å². The van der Waals surface area contributed by atoms with Crippen LogP contribution in [0.3, 0.4) is 0 Å². The lowest BCUT2D eigenvalue weighted by Crippen LogP contribution is -2.42. The Kier molecular flexibility index (Phi) is 4.59. The first kappa shape index (κ1) is 12.0. The summed E-state index contributed by atoms with van der Waals surface area (Å²) in [6.07, 6.45) is 6.55. The van der Waals surface area contributed by atoms with Gasteiger partial charge in [0.1, 0.15) is 6.04 Å². The Morgan fingerprint density at radius 2 is 1.93 bits per heavy atom. The third-order valence-corrected chi connectivity index (χ3v) is 3.00. The minimum atomic E-state index is -0.555. The summed E-state index contributed by atoms with van der Waals surface area (Å²) in [7, 11) is 0. The molecule has 4 nitrogen and oxygen atoms in total. The maximum Gasteiger partial charge on any atom is 0.239 e. The van der Waals surface area contributed by atoms with Gasteiger partial charge in [0.05, 0.1) is 0 Å². The summed E-state index contributed by atoms with van der Waals surface area (Å²) in [5.41, 5.74) is 5.06. The van der Waals surface area contributed by atoms with Crippen LogP contribution in [0.5, 0.6) is 0 Å². The highest BCUT2D eigenvalue weighted by molar-refractivity contribution is 5.86. The summed E-state index contributed by atoms with van der Waals surface area (Å²) in [5, 5.41) is 2.61. The molecule has 0 aromatic rings. The summed E-state index contributed by atoms with van der Waals surface area (Å²) < 4.78 is 0. The van der Waals surface area contributed by atoms with E-state index in [-0.39, 0.29) is 5.91 Å². The molecule has 0 aromatic carbocycles. The molecule has 0 heterocycles. The van der Waals surface area contributed by atoms with Crippen molar-refractivity contribution in [1.29, 1.82) is 0 Å². The molecule has 86 valence electrons. The van der Waals surface area contributed by atoms with Crippen molar-refractivity contribution >= 4 is 11.8 Å². The number of nitrogens with two attached hydrogens (primary N) is 1. The van der Waals surface area contributed by atoms with Crippen molar-refractivity contribution < 1.29 is 9.59 Å². The molecule has 1 rings (SSSR count). The second-order valence-electron chi connectivity index (χ2n) is 4.40. The summed E-state index contributed by atoms with van der Waals surface area (Å²) in [5.74, 6) is -0.0287. The fraction of sp³-hybridized carbons (Fsp3) is 0.818. The number of rotatable bonds is 4. The standard InChI is InChI=1S/C11H20N2O2/c1-8(11(12)15)13-10(14)7-9-5-3-2-4-6-9/h8-9H,2-7H2,1H3,(H2,12,15)(H,13,14)/t8-/m0/s1. The smallest absolute Gasteiger partial charge is 0.239 e. The molecular weight excluding hydrogens is 192 g/mol. The Hall–Kier alpha value is -1.06. The van der Waals surface area contributed by atoms with E-state index in [1.165, 1.54) is 19.3 Å². The second-order valence-corrected chi connectivity index (χ2v) is 4.40. The number of carbonyl (C=O) groups excluding carboxylic acids is 2. The largest absolute Gasteiger partial charge is 0.368 e. The van der Waals surface area contributed by atoms with Gasteiger partial charge < -0.3 is 11.1 Å². The van der Waals surface area contributed by atoms with Crippen molar-refractivity contribution in [3.63, 3.8) is 0 Å². The molecule has 0 aromatic heterocycles. The average molecular weight is 212 g/mol. The van der Waals surface area contributed by atoms with Crippen LogP contribution < -0.4 is 11.1 Å². The summed E-state index contributed by atoms with van der Waals surface area (Å²) in [4.78, 5) is 22.2. The predicted octanol–water partition coefficient (Wildman–Crippen LogP) is 0.947. The Balaban J connectivity index is 2.25. The molecule has 0 aliphatic heterocycles. The molecule has 1 aliphatic rings. The van der Waals surface area contributed by atoms with Crippen LogP contribution in [0.25, 0.3) is 0 Å². The SMILES string of the molecule is C[C@H](NC(=O)CC1CCCCC1)C(N)=O. The molecule has 1 atom stereocenters. The zero-order valence-electron chi connectivity index (χ0n) is 9.29. The van der Waals surface area contributed by atoms with Crippen LogP contribution in [-0.2, 0) is 9.59 Å². The monoisotopic (exact) mass is 212 g/mol. The summed E-state index contributed by atoms with van der Waals surface area (Å²) >= 11 is 0. The van der Waals surface area contributed by atoms with Gasteiger partial charge in [0.2, 0.25) is 11.8 Å². The van der Waals surface area contributed by atoms with E-state index in [2.05, 4.69) is 5.32 Å². The van der Waals surface area contributed by atoms with Gasteiger partial charge in [0, 0.05) is 6.42 Å². The highest BCUT2D eigenvalue weighted by atomic mass is 16.2. The molecule has 0 saturated heterocycles. The van der Waals surface area contributed by atoms with E-state index in [1.807, 2.05) is 0 Å². The maximum absolute atomic E-state index is 11.5. The van der Waals surface area contributed by atoms with Crippen molar-refractivity contribution in [3.8, 4) is 0 Å². The quantitative estimate of drug-likeness (QED) is 0.728. The summed E-state index contributed by atoms with van der Waals surface area (Å²) in [6.45, 7) is 1.61. The van der Waals surface area contributed by atoms with Gasteiger partial charge in [0.25, 0.3) is 0 Å². The van der Waals surface area contributed by atoms with E-state index < -0.39 is 11.9 Å². The van der Waals surface area contributed by atoms with Crippen LogP contribution >= 0.6 is 0 Å². The van der Waals surface area contributed by atoms with Crippen molar-refractivity contribution in [2.75, 3.05) is 0 Å². The molecule has 1 fully saturated rings.